The maximum Gasteiger partial charge on any atom is 0.220 e. The Morgan fingerprint density at radius 3 is 2.57 bits per heavy atom. The van der Waals surface area contributed by atoms with E-state index in [0.29, 0.717) is 56.3 Å². The Balaban J connectivity index is 1.64. The van der Waals surface area contributed by atoms with Crippen molar-refractivity contribution in [3.05, 3.63) is 53.8 Å². The highest BCUT2D eigenvalue weighted by Crippen LogP contribution is 2.26. The molecule has 2 aromatic rings. The van der Waals surface area contributed by atoms with E-state index in [1.54, 1.807) is 6.07 Å². The van der Waals surface area contributed by atoms with Crippen LogP contribution in [0.4, 0.5) is 10.1 Å². The lowest BCUT2D eigenvalue weighted by Crippen LogP contribution is -2.29. The van der Waals surface area contributed by atoms with Gasteiger partial charge in [-0.05, 0) is 37.6 Å². The number of halogens is 1. The molecule has 148 valence electrons. The Kier molecular flexibility index (Phi) is 8.60. The lowest BCUT2D eigenvalue weighted by Gasteiger charge is -2.12. The number of hydrogen-bond donors (Lipinski definition) is 2. The highest BCUT2D eigenvalue weighted by atomic mass is 19.1. The maximum atomic E-state index is 13.5. The van der Waals surface area contributed by atoms with E-state index in [1.165, 1.54) is 12.1 Å². The molecule has 2 aromatic carbocycles. The van der Waals surface area contributed by atoms with Crippen LogP contribution in [-0.2, 0) is 4.79 Å². The van der Waals surface area contributed by atoms with Gasteiger partial charge in [0.25, 0.3) is 0 Å². The smallest absolute Gasteiger partial charge is 0.220 e. The standard InChI is InChI=1S/C21H24FN3O3/c1-2-27-19-9-3-4-10-20(19)28-14-6-11-21(26)25-13-12-24-18-8-5-7-17(22)16(18)15-23/h3-5,7-10,24H,2,6,11-14H2,1H3,(H,25,26). The van der Waals surface area contributed by atoms with Crippen LogP contribution in [0.3, 0.4) is 0 Å². The van der Waals surface area contributed by atoms with Crippen molar-refractivity contribution in [1.29, 1.82) is 5.26 Å². The van der Waals surface area contributed by atoms with E-state index in [-0.39, 0.29) is 11.5 Å². The summed E-state index contributed by atoms with van der Waals surface area (Å²) < 4.78 is 24.7. The second-order valence-electron chi connectivity index (χ2n) is 5.88. The van der Waals surface area contributed by atoms with Crippen molar-refractivity contribution in [3.63, 3.8) is 0 Å². The van der Waals surface area contributed by atoms with Crippen molar-refractivity contribution in [2.75, 3.05) is 31.6 Å². The molecule has 2 N–H and O–H groups in total. The van der Waals surface area contributed by atoms with Crippen molar-refractivity contribution < 1.29 is 18.7 Å². The lowest BCUT2D eigenvalue weighted by molar-refractivity contribution is -0.121. The number of hydrogen-bond acceptors (Lipinski definition) is 5. The Morgan fingerprint density at radius 2 is 1.86 bits per heavy atom. The number of carbonyl (C=O) groups excluding carboxylic acids is 1. The zero-order valence-corrected chi connectivity index (χ0v) is 15.8. The zero-order valence-electron chi connectivity index (χ0n) is 15.8. The minimum Gasteiger partial charge on any atom is -0.490 e. The quantitative estimate of drug-likeness (QED) is 0.579. The van der Waals surface area contributed by atoms with E-state index >= 15 is 0 Å². The van der Waals surface area contributed by atoms with Crippen molar-refractivity contribution in [1.82, 2.24) is 5.32 Å². The van der Waals surface area contributed by atoms with E-state index in [2.05, 4.69) is 10.6 Å². The molecule has 6 nitrogen and oxygen atoms in total. The number of para-hydroxylation sites is 2. The maximum absolute atomic E-state index is 13.5. The van der Waals surface area contributed by atoms with Gasteiger partial charge >= 0.3 is 0 Å². The highest BCUT2D eigenvalue weighted by Gasteiger charge is 2.07. The van der Waals surface area contributed by atoms with E-state index in [4.69, 9.17) is 14.7 Å². The lowest BCUT2D eigenvalue weighted by atomic mass is 10.2. The van der Waals surface area contributed by atoms with Crippen LogP contribution in [0.1, 0.15) is 25.3 Å². The molecule has 0 aromatic heterocycles. The third-order valence-electron chi connectivity index (χ3n) is 3.84. The molecule has 2 rings (SSSR count). The first-order valence-electron chi connectivity index (χ1n) is 9.19. The summed E-state index contributed by atoms with van der Waals surface area (Å²) in [6.07, 6.45) is 0.905. The fourth-order valence-electron chi connectivity index (χ4n) is 2.53. The van der Waals surface area contributed by atoms with E-state index in [9.17, 15) is 9.18 Å². The molecule has 0 spiro atoms. The summed E-state index contributed by atoms with van der Waals surface area (Å²) in [5.74, 6) is 0.692. The van der Waals surface area contributed by atoms with Crippen LogP contribution in [0.25, 0.3) is 0 Å². The van der Waals surface area contributed by atoms with Crippen molar-refractivity contribution >= 4 is 11.6 Å². The second kappa shape index (κ2) is 11.4. The van der Waals surface area contributed by atoms with Crippen LogP contribution in [0.15, 0.2) is 42.5 Å². The summed E-state index contributed by atoms with van der Waals surface area (Å²) in [5, 5.41) is 14.7. The number of amides is 1. The highest BCUT2D eigenvalue weighted by molar-refractivity contribution is 5.75. The Morgan fingerprint density at radius 1 is 1.11 bits per heavy atom. The van der Waals surface area contributed by atoms with E-state index < -0.39 is 5.82 Å². The summed E-state index contributed by atoms with van der Waals surface area (Å²) in [5.41, 5.74) is 0.386. The molecule has 7 heteroatoms. The number of anilines is 1. The van der Waals surface area contributed by atoms with Gasteiger partial charge in [-0.15, -0.1) is 0 Å². The third-order valence-corrected chi connectivity index (χ3v) is 3.84. The van der Waals surface area contributed by atoms with Gasteiger partial charge in [-0.2, -0.15) is 5.26 Å². The fourth-order valence-corrected chi connectivity index (χ4v) is 2.53. The largest absolute Gasteiger partial charge is 0.490 e. The van der Waals surface area contributed by atoms with Gasteiger partial charge in [0.2, 0.25) is 5.91 Å². The van der Waals surface area contributed by atoms with Crippen LogP contribution < -0.4 is 20.1 Å². The molecule has 0 unspecified atom stereocenters. The Labute approximate surface area is 164 Å². The molecule has 28 heavy (non-hydrogen) atoms. The molecule has 0 fully saturated rings. The van der Waals surface area contributed by atoms with Gasteiger partial charge in [-0.3, -0.25) is 4.79 Å². The van der Waals surface area contributed by atoms with Crippen molar-refractivity contribution in [2.24, 2.45) is 0 Å². The fraction of sp³-hybridized carbons (Fsp3) is 0.333. The van der Waals surface area contributed by atoms with Gasteiger partial charge in [0.05, 0.1) is 18.9 Å². The SMILES string of the molecule is CCOc1ccccc1OCCCC(=O)NCCNc1cccc(F)c1C#N. The third kappa shape index (κ3) is 6.47. The predicted molar refractivity (Wildman–Crippen MR) is 105 cm³/mol. The van der Waals surface area contributed by atoms with Crippen LogP contribution >= 0.6 is 0 Å². The number of nitrogens with one attached hydrogen (secondary N) is 2. The minimum atomic E-state index is -0.567. The number of carbonyl (C=O) groups is 1. The minimum absolute atomic E-state index is 0.0293. The topological polar surface area (TPSA) is 83.4 Å². The van der Waals surface area contributed by atoms with Crippen LogP contribution in [0, 0.1) is 17.1 Å². The number of benzene rings is 2. The normalized spacial score (nSPS) is 10.0. The van der Waals surface area contributed by atoms with Gasteiger partial charge in [0.15, 0.2) is 11.5 Å². The average molecular weight is 385 g/mol. The zero-order chi connectivity index (χ0) is 20.2. The molecule has 0 heterocycles. The Bertz CT molecular complexity index is 821. The number of nitriles is 1. The molecule has 0 radical (unpaired) electrons. The van der Waals surface area contributed by atoms with Gasteiger partial charge in [0, 0.05) is 19.5 Å². The summed E-state index contributed by atoms with van der Waals surface area (Å²) in [4.78, 5) is 11.9. The van der Waals surface area contributed by atoms with Gasteiger partial charge in [-0.25, -0.2) is 4.39 Å². The number of ether oxygens (including phenoxy) is 2. The molecule has 0 aliphatic rings. The summed E-state index contributed by atoms with van der Waals surface area (Å²) in [6, 6.07) is 13.6. The first-order chi connectivity index (χ1) is 13.7. The average Bonchev–Trinajstić information content (AvgIpc) is 2.70. The molecule has 0 saturated heterocycles. The summed E-state index contributed by atoms with van der Waals surface area (Å²) in [7, 11) is 0. The van der Waals surface area contributed by atoms with Crippen molar-refractivity contribution in [2.45, 2.75) is 19.8 Å². The molecule has 0 atom stereocenters. The molecule has 0 aliphatic carbocycles. The summed E-state index contributed by atoms with van der Waals surface area (Å²) >= 11 is 0. The number of nitrogens with zero attached hydrogens (tertiary/aromatic N) is 1. The predicted octanol–water partition coefficient (Wildman–Crippen LogP) is 3.48. The van der Waals surface area contributed by atoms with Gasteiger partial charge in [-0.1, -0.05) is 18.2 Å². The molecule has 1 amide bonds. The Hall–Kier alpha value is -3.27. The van der Waals surface area contributed by atoms with Gasteiger partial charge in [0.1, 0.15) is 17.4 Å². The van der Waals surface area contributed by atoms with Crippen LogP contribution in [0.2, 0.25) is 0 Å². The van der Waals surface area contributed by atoms with Gasteiger partial charge < -0.3 is 20.1 Å². The molecular weight excluding hydrogens is 361 g/mol. The molecule has 0 aliphatic heterocycles. The molecule has 0 saturated carbocycles. The molecule has 0 bridgehead atoms. The van der Waals surface area contributed by atoms with Crippen LogP contribution in [0.5, 0.6) is 11.5 Å². The van der Waals surface area contributed by atoms with E-state index in [0.717, 1.165) is 0 Å². The monoisotopic (exact) mass is 385 g/mol. The number of rotatable bonds is 11. The first-order valence-corrected chi connectivity index (χ1v) is 9.19. The van der Waals surface area contributed by atoms with Crippen LogP contribution in [-0.4, -0.2) is 32.2 Å². The van der Waals surface area contributed by atoms with E-state index in [1.807, 2.05) is 37.3 Å². The first kappa shape index (κ1) is 21.0. The summed E-state index contributed by atoms with van der Waals surface area (Å²) in [6.45, 7) is 3.63. The van der Waals surface area contributed by atoms with Crippen molar-refractivity contribution in [3.8, 4) is 17.6 Å². The molecular formula is C21H24FN3O3. The second-order valence-corrected chi connectivity index (χ2v) is 5.88.